The summed E-state index contributed by atoms with van der Waals surface area (Å²) in [5.41, 5.74) is 1.84. The SMILES string of the molecule is CCOC[C@]1(CCC(F)(F)F)CC[C@H](c2c(CN(C)CCNC)nn3c2CC(F)(F)C3)CC1. The third kappa shape index (κ3) is 6.88. The van der Waals surface area contributed by atoms with Crippen molar-refractivity contribution in [2.24, 2.45) is 5.41 Å². The van der Waals surface area contributed by atoms with Crippen molar-refractivity contribution in [3.8, 4) is 0 Å². The lowest BCUT2D eigenvalue weighted by molar-refractivity contribution is -0.145. The molecule has 0 bridgehead atoms. The molecule has 0 aromatic carbocycles. The molecule has 1 fully saturated rings. The molecule has 3 rings (SSSR count). The van der Waals surface area contributed by atoms with Crippen molar-refractivity contribution in [3.05, 3.63) is 17.0 Å². The van der Waals surface area contributed by atoms with Crippen LogP contribution >= 0.6 is 0 Å². The number of aromatic nitrogens is 2. The molecular weight excluding hydrogens is 443 g/mol. The summed E-state index contributed by atoms with van der Waals surface area (Å²) in [5.74, 6) is -2.76. The maximum absolute atomic E-state index is 14.2. The van der Waals surface area contributed by atoms with E-state index in [1.807, 2.05) is 21.0 Å². The molecule has 1 aliphatic carbocycles. The van der Waals surface area contributed by atoms with Gasteiger partial charge >= 0.3 is 6.18 Å². The Morgan fingerprint density at radius 1 is 1.24 bits per heavy atom. The lowest BCUT2D eigenvalue weighted by atomic mass is 9.66. The van der Waals surface area contributed by atoms with Crippen LogP contribution in [0.4, 0.5) is 22.0 Å². The first-order chi connectivity index (χ1) is 15.5. The highest BCUT2D eigenvalue weighted by molar-refractivity contribution is 5.34. The molecule has 190 valence electrons. The average Bonchev–Trinajstić information content (AvgIpc) is 3.20. The van der Waals surface area contributed by atoms with Crippen molar-refractivity contribution in [2.45, 2.75) is 83.0 Å². The summed E-state index contributed by atoms with van der Waals surface area (Å²) in [7, 11) is 3.85. The summed E-state index contributed by atoms with van der Waals surface area (Å²) in [6.07, 6.45) is -2.74. The van der Waals surface area contributed by atoms with E-state index >= 15 is 0 Å². The minimum atomic E-state index is -4.19. The number of ether oxygens (including phenoxy) is 1. The van der Waals surface area contributed by atoms with Gasteiger partial charge in [-0.05, 0) is 64.5 Å². The molecule has 2 aliphatic rings. The Morgan fingerprint density at radius 2 is 1.94 bits per heavy atom. The van der Waals surface area contributed by atoms with Gasteiger partial charge < -0.3 is 10.1 Å². The van der Waals surface area contributed by atoms with Gasteiger partial charge in [0.25, 0.3) is 5.92 Å². The first kappa shape index (κ1) is 26.3. The van der Waals surface area contributed by atoms with E-state index < -0.39 is 30.5 Å². The predicted octanol–water partition coefficient (Wildman–Crippen LogP) is 4.75. The van der Waals surface area contributed by atoms with E-state index in [-0.39, 0.29) is 18.8 Å². The Morgan fingerprint density at radius 3 is 2.55 bits per heavy atom. The van der Waals surface area contributed by atoms with E-state index in [4.69, 9.17) is 4.74 Å². The van der Waals surface area contributed by atoms with E-state index in [9.17, 15) is 22.0 Å². The highest BCUT2D eigenvalue weighted by Gasteiger charge is 2.45. The fourth-order valence-electron chi connectivity index (χ4n) is 5.34. The molecule has 1 aromatic heterocycles. The maximum Gasteiger partial charge on any atom is 0.389 e. The molecule has 0 atom stereocenters. The molecule has 0 spiro atoms. The van der Waals surface area contributed by atoms with E-state index in [0.717, 1.165) is 24.3 Å². The van der Waals surface area contributed by atoms with Gasteiger partial charge in [0.05, 0.1) is 18.7 Å². The number of halogens is 5. The third-order valence-electron chi connectivity index (χ3n) is 7.15. The van der Waals surface area contributed by atoms with Gasteiger partial charge in [-0.2, -0.15) is 18.3 Å². The highest BCUT2D eigenvalue weighted by atomic mass is 19.4. The van der Waals surface area contributed by atoms with E-state index in [0.29, 0.717) is 51.1 Å². The number of hydrogen-bond acceptors (Lipinski definition) is 4. The number of alkyl halides is 5. The minimum absolute atomic E-state index is 0.0380. The normalized spacial score (nSPS) is 25.1. The number of hydrogen-bond donors (Lipinski definition) is 1. The van der Waals surface area contributed by atoms with Crippen LogP contribution in [0.2, 0.25) is 0 Å². The molecule has 0 amide bonds. The molecule has 2 heterocycles. The molecule has 1 N–H and O–H groups in total. The van der Waals surface area contributed by atoms with Gasteiger partial charge in [0.15, 0.2) is 0 Å². The van der Waals surface area contributed by atoms with E-state index in [1.54, 1.807) is 0 Å². The Hall–Kier alpha value is -1.26. The van der Waals surface area contributed by atoms with Crippen LogP contribution in [0.3, 0.4) is 0 Å². The molecule has 0 radical (unpaired) electrons. The van der Waals surface area contributed by atoms with E-state index in [1.165, 1.54) is 4.68 Å². The summed E-state index contributed by atoms with van der Waals surface area (Å²) in [6, 6.07) is 0. The summed E-state index contributed by atoms with van der Waals surface area (Å²) in [6.45, 7) is 4.39. The molecule has 10 heteroatoms. The van der Waals surface area contributed by atoms with Crippen LogP contribution in [0.15, 0.2) is 0 Å². The maximum atomic E-state index is 14.2. The summed E-state index contributed by atoms with van der Waals surface area (Å²) < 4.78 is 74.2. The fourth-order valence-corrected chi connectivity index (χ4v) is 5.34. The molecule has 33 heavy (non-hydrogen) atoms. The van der Waals surface area contributed by atoms with Crippen LogP contribution < -0.4 is 5.32 Å². The lowest BCUT2D eigenvalue weighted by Crippen LogP contribution is -2.34. The molecule has 1 aliphatic heterocycles. The van der Waals surface area contributed by atoms with Crippen molar-refractivity contribution in [1.29, 1.82) is 0 Å². The van der Waals surface area contributed by atoms with Gasteiger partial charge in [0.2, 0.25) is 0 Å². The Bertz CT molecular complexity index is 772. The molecular formula is C23H37F5N4O. The van der Waals surface area contributed by atoms with Crippen molar-refractivity contribution >= 4 is 0 Å². The van der Waals surface area contributed by atoms with Gasteiger partial charge in [-0.3, -0.25) is 9.58 Å². The fraction of sp³-hybridized carbons (Fsp3) is 0.870. The summed E-state index contributed by atoms with van der Waals surface area (Å²) in [4.78, 5) is 2.11. The molecule has 0 unspecified atom stereocenters. The second-order valence-electron chi connectivity index (χ2n) is 9.87. The number of nitrogens with zero attached hydrogens (tertiary/aromatic N) is 3. The molecule has 0 saturated heterocycles. The number of fused-ring (bicyclic) bond motifs is 1. The Labute approximate surface area is 193 Å². The zero-order valence-corrected chi connectivity index (χ0v) is 19.9. The van der Waals surface area contributed by atoms with Gasteiger partial charge in [-0.25, -0.2) is 8.78 Å². The third-order valence-corrected chi connectivity index (χ3v) is 7.15. The zero-order valence-electron chi connectivity index (χ0n) is 19.9. The summed E-state index contributed by atoms with van der Waals surface area (Å²) >= 11 is 0. The van der Waals surface area contributed by atoms with Gasteiger partial charge in [-0.1, -0.05) is 0 Å². The number of rotatable bonds is 11. The van der Waals surface area contributed by atoms with Crippen molar-refractivity contribution in [2.75, 3.05) is 40.4 Å². The van der Waals surface area contributed by atoms with Crippen LogP contribution in [0.5, 0.6) is 0 Å². The van der Waals surface area contributed by atoms with Crippen molar-refractivity contribution in [1.82, 2.24) is 20.0 Å². The van der Waals surface area contributed by atoms with Crippen molar-refractivity contribution < 1.29 is 26.7 Å². The van der Waals surface area contributed by atoms with Gasteiger partial charge in [0, 0.05) is 43.9 Å². The quantitative estimate of drug-likeness (QED) is 0.465. The minimum Gasteiger partial charge on any atom is -0.381 e. The van der Waals surface area contributed by atoms with Crippen LogP contribution in [-0.4, -0.2) is 67.2 Å². The monoisotopic (exact) mass is 480 g/mol. The standard InChI is InChI=1S/C23H37F5N4O/c1-4-33-16-21(9-10-23(26,27)28)7-5-17(6-8-21)20-18(14-31(3)12-11-29-2)30-32-15-22(24,25)13-19(20)32/h17,29H,4-16H2,1-3H3/t17-,21+. The topological polar surface area (TPSA) is 42.3 Å². The van der Waals surface area contributed by atoms with E-state index in [2.05, 4.69) is 15.3 Å². The smallest absolute Gasteiger partial charge is 0.381 e. The summed E-state index contributed by atoms with van der Waals surface area (Å²) in [5, 5.41) is 7.67. The Kier molecular flexibility index (Phi) is 8.43. The zero-order chi connectivity index (χ0) is 24.3. The second kappa shape index (κ2) is 10.6. The van der Waals surface area contributed by atoms with Crippen LogP contribution in [0.1, 0.15) is 68.3 Å². The average molecular weight is 481 g/mol. The van der Waals surface area contributed by atoms with Gasteiger partial charge in [-0.15, -0.1) is 0 Å². The van der Waals surface area contributed by atoms with Crippen LogP contribution in [-0.2, 0) is 24.2 Å². The van der Waals surface area contributed by atoms with Crippen LogP contribution in [0.25, 0.3) is 0 Å². The van der Waals surface area contributed by atoms with Gasteiger partial charge in [0.1, 0.15) is 6.54 Å². The lowest BCUT2D eigenvalue weighted by Gasteiger charge is -2.40. The first-order valence-electron chi connectivity index (χ1n) is 11.9. The number of nitrogens with one attached hydrogen (secondary N) is 1. The highest BCUT2D eigenvalue weighted by Crippen LogP contribution is 2.49. The molecule has 5 nitrogen and oxygen atoms in total. The second-order valence-corrected chi connectivity index (χ2v) is 9.87. The van der Waals surface area contributed by atoms with Crippen molar-refractivity contribution in [3.63, 3.8) is 0 Å². The first-order valence-corrected chi connectivity index (χ1v) is 11.9. The largest absolute Gasteiger partial charge is 0.389 e. The molecule has 1 aromatic rings. The Balaban J connectivity index is 1.78. The predicted molar refractivity (Wildman–Crippen MR) is 117 cm³/mol. The molecule has 1 saturated carbocycles. The number of likely N-dealkylation sites (N-methyl/N-ethyl adjacent to an activating group) is 2. The van der Waals surface area contributed by atoms with Crippen LogP contribution in [0, 0.1) is 5.41 Å².